The molecule has 2 amide bonds. The van der Waals surface area contributed by atoms with Crippen LogP contribution in [0.5, 0.6) is 5.75 Å². The molecule has 0 saturated carbocycles. The first kappa shape index (κ1) is 20.9. The Morgan fingerprint density at radius 1 is 0.933 bits per heavy atom. The van der Waals surface area contributed by atoms with Crippen molar-refractivity contribution >= 4 is 17.5 Å². The first-order valence-electron chi connectivity index (χ1n) is 9.29. The molecule has 0 aliphatic rings. The van der Waals surface area contributed by atoms with Crippen LogP contribution in [0.3, 0.4) is 0 Å². The number of benzene rings is 3. The maximum atomic E-state index is 14.0. The standard InChI is InChI=1S/C23H22FN3O3/c1-27(2)20-13-12-17(14-19(20)24)23(29)26-25-22(28)15-30-21-11-7-6-10-18(21)16-8-4-3-5-9-16/h3-14H,15H2,1-2H3,(H,25,28)(H,26,29). The lowest BCUT2D eigenvalue weighted by Crippen LogP contribution is -2.43. The number of halogens is 1. The number of hydrogen-bond donors (Lipinski definition) is 2. The molecule has 0 unspecified atom stereocenters. The van der Waals surface area contributed by atoms with Gasteiger partial charge >= 0.3 is 0 Å². The summed E-state index contributed by atoms with van der Waals surface area (Å²) in [6.45, 7) is -0.294. The van der Waals surface area contributed by atoms with Gasteiger partial charge in [0.15, 0.2) is 6.61 Å². The summed E-state index contributed by atoms with van der Waals surface area (Å²) in [7, 11) is 3.41. The fourth-order valence-electron chi connectivity index (χ4n) is 2.84. The normalized spacial score (nSPS) is 10.2. The van der Waals surface area contributed by atoms with Gasteiger partial charge in [-0.05, 0) is 29.8 Å². The van der Waals surface area contributed by atoms with Crippen molar-refractivity contribution in [3.63, 3.8) is 0 Å². The Morgan fingerprint density at radius 3 is 2.33 bits per heavy atom. The zero-order valence-electron chi connectivity index (χ0n) is 16.7. The number of amides is 2. The summed E-state index contributed by atoms with van der Waals surface area (Å²) in [5.74, 6) is -1.15. The van der Waals surface area contributed by atoms with E-state index in [2.05, 4.69) is 10.9 Å². The molecule has 0 bridgehead atoms. The summed E-state index contributed by atoms with van der Waals surface area (Å²) in [6.07, 6.45) is 0. The van der Waals surface area contributed by atoms with Gasteiger partial charge in [0.05, 0.1) is 5.69 Å². The molecular weight excluding hydrogens is 385 g/mol. The van der Waals surface area contributed by atoms with Gasteiger partial charge in [-0.25, -0.2) is 4.39 Å². The van der Waals surface area contributed by atoms with Gasteiger partial charge in [-0.15, -0.1) is 0 Å². The number of nitrogens with one attached hydrogen (secondary N) is 2. The van der Waals surface area contributed by atoms with Crippen molar-refractivity contribution in [2.24, 2.45) is 0 Å². The molecule has 2 N–H and O–H groups in total. The number of ether oxygens (including phenoxy) is 1. The second-order valence-electron chi connectivity index (χ2n) is 6.71. The molecule has 3 aromatic carbocycles. The predicted molar refractivity (Wildman–Crippen MR) is 114 cm³/mol. The summed E-state index contributed by atoms with van der Waals surface area (Å²) in [6, 6.07) is 21.1. The largest absolute Gasteiger partial charge is 0.483 e. The fourth-order valence-corrected chi connectivity index (χ4v) is 2.84. The van der Waals surface area contributed by atoms with Gasteiger partial charge in [-0.1, -0.05) is 48.5 Å². The molecule has 0 atom stereocenters. The first-order valence-corrected chi connectivity index (χ1v) is 9.29. The SMILES string of the molecule is CN(C)c1ccc(C(=O)NNC(=O)COc2ccccc2-c2ccccc2)cc1F. The van der Waals surface area contributed by atoms with Gasteiger partial charge in [-0.3, -0.25) is 20.4 Å². The highest BCUT2D eigenvalue weighted by Crippen LogP contribution is 2.29. The molecule has 0 aliphatic heterocycles. The van der Waals surface area contributed by atoms with E-state index in [1.54, 1.807) is 25.1 Å². The number of rotatable bonds is 6. The van der Waals surface area contributed by atoms with Crippen molar-refractivity contribution in [1.29, 1.82) is 0 Å². The number of anilines is 1. The van der Waals surface area contributed by atoms with E-state index in [-0.39, 0.29) is 12.2 Å². The van der Waals surface area contributed by atoms with Crippen LogP contribution in [0.4, 0.5) is 10.1 Å². The van der Waals surface area contributed by atoms with Gasteiger partial charge in [-0.2, -0.15) is 0 Å². The van der Waals surface area contributed by atoms with E-state index in [0.29, 0.717) is 11.4 Å². The lowest BCUT2D eigenvalue weighted by atomic mass is 10.1. The third-order valence-corrected chi connectivity index (χ3v) is 4.34. The van der Waals surface area contributed by atoms with E-state index in [9.17, 15) is 14.0 Å². The topological polar surface area (TPSA) is 70.7 Å². The minimum absolute atomic E-state index is 0.0914. The molecule has 0 saturated heterocycles. The molecule has 0 aromatic heterocycles. The van der Waals surface area contributed by atoms with Crippen LogP contribution in [-0.2, 0) is 4.79 Å². The van der Waals surface area contributed by atoms with Gasteiger partial charge in [0.1, 0.15) is 11.6 Å². The maximum absolute atomic E-state index is 14.0. The second kappa shape index (κ2) is 9.56. The van der Waals surface area contributed by atoms with Crippen LogP contribution in [-0.4, -0.2) is 32.5 Å². The number of para-hydroxylation sites is 1. The Bertz CT molecular complexity index is 1040. The van der Waals surface area contributed by atoms with Crippen LogP contribution in [0.15, 0.2) is 72.8 Å². The van der Waals surface area contributed by atoms with Crippen molar-refractivity contribution in [1.82, 2.24) is 10.9 Å². The highest BCUT2D eigenvalue weighted by atomic mass is 19.1. The van der Waals surface area contributed by atoms with Gasteiger partial charge in [0.2, 0.25) is 0 Å². The van der Waals surface area contributed by atoms with Crippen molar-refractivity contribution in [2.75, 3.05) is 25.6 Å². The molecule has 3 rings (SSSR count). The average Bonchev–Trinajstić information content (AvgIpc) is 2.76. The summed E-state index contributed by atoms with van der Waals surface area (Å²) in [5, 5.41) is 0. The van der Waals surface area contributed by atoms with Crippen molar-refractivity contribution in [2.45, 2.75) is 0 Å². The van der Waals surface area contributed by atoms with Crippen molar-refractivity contribution < 1.29 is 18.7 Å². The summed E-state index contributed by atoms with van der Waals surface area (Å²) in [5.41, 5.74) is 6.80. The Balaban J connectivity index is 1.56. The smallest absolute Gasteiger partial charge is 0.276 e. The fraction of sp³-hybridized carbons (Fsp3) is 0.130. The summed E-state index contributed by atoms with van der Waals surface area (Å²) < 4.78 is 19.6. The van der Waals surface area contributed by atoms with Crippen LogP contribution in [0.1, 0.15) is 10.4 Å². The predicted octanol–water partition coefficient (Wildman–Crippen LogP) is 3.40. The summed E-state index contributed by atoms with van der Waals surface area (Å²) >= 11 is 0. The van der Waals surface area contributed by atoms with E-state index in [4.69, 9.17) is 4.74 Å². The van der Waals surface area contributed by atoms with Crippen molar-refractivity contribution in [3.05, 3.63) is 84.2 Å². The third-order valence-electron chi connectivity index (χ3n) is 4.34. The van der Waals surface area contributed by atoms with Gasteiger partial charge < -0.3 is 9.64 Å². The molecule has 0 radical (unpaired) electrons. The number of carbonyl (C=O) groups excluding carboxylic acids is 2. The highest BCUT2D eigenvalue weighted by Gasteiger charge is 2.13. The quantitative estimate of drug-likeness (QED) is 0.615. The zero-order valence-corrected chi connectivity index (χ0v) is 16.7. The number of carbonyl (C=O) groups is 2. The molecule has 6 nitrogen and oxygen atoms in total. The average molecular weight is 407 g/mol. The van der Waals surface area contributed by atoms with Crippen molar-refractivity contribution in [3.8, 4) is 16.9 Å². The molecule has 0 aliphatic carbocycles. The molecule has 154 valence electrons. The van der Waals surface area contributed by atoms with E-state index >= 15 is 0 Å². The molecule has 7 heteroatoms. The lowest BCUT2D eigenvalue weighted by Gasteiger charge is -2.14. The van der Waals surface area contributed by atoms with Crippen LogP contribution in [0, 0.1) is 5.82 Å². The Morgan fingerprint density at radius 2 is 1.63 bits per heavy atom. The number of hydrogen-bond acceptors (Lipinski definition) is 4. The molecule has 0 heterocycles. The van der Waals surface area contributed by atoms with Crippen LogP contribution in [0.25, 0.3) is 11.1 Å². The van der Waals surface area contributed by atoms with Crippen LogP contribution in [0.2, 0.25) is 0 Å². The minimum Gasteiger partial charge on any atom is -0.483 e. The Hall–Kier alpha value is -3.87. The maximum Gasteiger partial charge on any atom is 0.276 e. The first-order chi connectivity index (χ1) is 14.5. The lowest BCUT2D eigenvalue weighted by molar-refractivity contribution is -0.123. The van der Waals surface area contributed by atoms with E-state index in [1.165, 1.54) is 12.1 Å². The molecule has 0 fully saturated rings. The van der Waals surface area contributed by atoms with E-state index < -0.39 is 17.6 Å². The summed E-state index contributed by atoms with van der Waals surface area (Å²) in [4.78, 5) is 25.8. The molecular formula is C23H22FN3O3. The zero-order chi connectivity index (χ0) is 21.5. The van der Waals surface area contributed by atoms with Gasteiger partial charge in [0.25, 0.3) is 11.8 Å². The second-order valence-corrected chi connectivity index (χ2v) is 6.71. The van der Waals surface area contributed by atoms with E-state index in [1.807, 2.05) is 48.5 Å². The molecule has 0 spiro atoms. The molecule has 3 aromatic rings. The highest BCUT2D eigenvalue weighted by molar-refractivity contribution is 5.95. The number of nitrogens with zero attached hydrogens (tertiary/aromatic N) is 1. The Labute approximate surface area is 174 Å². The Kier molecular flexibility index (Phi) is 6.64. The van der Waals surface area contributed by atoms with Crippen LogP contribution >= 0.6 is 0 Å². The third kappa shape index (κ3) is 5.14. The van der Waals surface area contributed by atoms with Crippen LogP contribution < -0.4 is 20.5 Å². The number of hydrazine groups is 1. The molecule has 30 heavy (non-hydrogen) atoms. The van der Waals surface area contributed by atoms with Gasteiger partial charge in [0, 0.05) is 25.2 Å². The van der Waals surface area contributed by atoms with E-state index in [0.717, 1.165) is 17.2 Å². The monoisotopic (exact) mass is 407 g/mol. The minimum atomic E-state index is -0.628.